The van der Waals surface area contributed by atoms with Crippen molar-refractivity contribution in [3.05, 3.63) is 11.9 Å². The van der Waals surface area contributed by atoms with Gasteiger partial charge < -0.3 is 5.11 Å². The maximum absolute atomic E-state index is 10.2. The van der Waals surface area contributed by atoms with E-state index < -0.39 is 5.97 Å². The second-order valence-electron chi connectivity index (χ2n) is 2.15. The summed E-state index contributed by atoms with van der Waals surface area (Å²) in [6, 6.07) is 0. The van der Waals surface area contributed by atoms with Crippen LogP contribution in [-0.4, -0.2) is 26.1 Å². The zero-order chi connectivity index (χ0) is 8.27. The van der Waals surface area contributed by atoms with Gasteiger partial charge in [-0.05, 0) is 6.42 Å². The molecule has 0 amide bonds. The molecule has 1 N–H and O–H groups in total. The van der Waals surface area contributed by atoms with Crippen molar-refractivity contribution in [3.8, 4) is 0 Å². The van der Waals surface area contributed by atoms with E-state index in [1.54, 1.807) is 6.20 Å². The molecule has 0 bridgehead atoms. The molecule has 1 aromatic heterocycles. The lowest BCUT2D eigenvalue weighted by Crippen LogP contribution is -2.08. The lowest BCUT2D eigenvalue weighted by atomic mass is 10.4. The van der Waals surface area contributed by atoms with Crippen molar-refractivity contribution in [2.24, 2.45) is 0 Å². The van der Waals surface area contributed by atoms with E-state index in [1.807, 2.05) is 6.92 Å². The SMILES string of the molecule is CCc1cn(CC(=O)O)nn1. The van der Waals surface area contributed by atoms with Crippen LogP contribution in [0.25, 0.3) is 0 Å². The number of aryl methyl sites for hydroxylation is 1. The lowest BCUT2D eigenvalue weighted by molar-refractivity contribution is -0.137. The van der Waals surface area contributed by atoms with Crippen molar-refractivity contribution in [2.75, 3.05) is 0 Å². The Kier molecular flexibility index (Phi) is 2.20. The fraction of sp³-hybridized carbons (Fsp3) is 0.500. The molecule has 0 aromatic carbocycles. The third-order valence-corrected chi connectivity index (χ3v) is 1.25. The van der Waals surface area contributed by atoms with Crippen LogP contribution in [0.5, 0.6) is 0 Å². The molecule has 1 heterocycles. The zero-order valence-electron chi connectivity index (χ0n) is 6.19. The van der Waals surface area contributed by atoms with Crippen molar-refractivity contribution >= 4 is 5.97 Å². The van der Waals surface area contributed by atoms with Gasteiger partial charge in [0.05, 0.1) is 5.69 Å². The van der Waals surface area contributed by atoms with Crippen molar-refractivity contribution < 1.29 is 9.90 Å². The Labute approximate surface area is 63.6 Å². The largest absolute Gasteiger partial charge is 0.480 e. The maximum Gasteiger partial charge on any atom is 0.325 e. The van der Waals surface area contributed by atoms with Gasteiger partial charge in [0, 0.05) is 6.20 Å². The van der Waals surface area contributed by atoms with Crippen molar-refractivity contribution in [1.82, 2.24) is 15.0 Å². The van der Waals surface area contributed by atoms with Crippen molar-refractivity contribution in [3.63, 3.8) is 0 Å². The molecule has 0 saturated carbocycles. The summed E-state index contributed by atoms with van der Waals surface area (Å²) < 4.78 is 1.31. The van der Waals surface area contributed by atoms with E-state index in [0.29, 0.717) is 0 Å². The summed E-state index contributed by atoms with van der Waals surface area (Å²) in [5, 5.41) is 15.7. The number of aromatic nitrogens is 3. The number of rotatable bonds is 3. The second-order valence-corrected chi connectivity index (χ2v) is 2.15. The first-order valence-electron chi connectivity index (χ1n) is 3.33. The minimum Gasteiger partial charge on any atom is -0.480 e. The molecule has 0 aliphatic rings. The summed E-state index contributed by atoms with van der Waals surface area (Å²) in [5.74, 6) is -0.905. The molecule has 5 heteroatoms. The van der Waals surface area contributed by atoms with Crippen LogP contribution in [0.15, 0.2) is 6.20 Å². The average Bonchev–Trinajstić information content (AvgIpc) is 2.34. The predicted octanol–water partition coefficient (Wildman–Crippen LogP) is -0.0749. The smallest absolute Gasteiger partial charge is 0.325 e. The fourth-order valence-corrected chi connectivity index (χ4v) is 0.716. The van der Waals surface area contributed by atoms with Gasteiger partial charge in [-0.25, -0.2) is 4.68 Å². The summed E-state index contributed by atoms with van der Waals surface area (Å²) in [7, 11) is 0. The molecule has 0 spiro atoms. The monoisotopic (exact) mass is 155 g/mol. The van der Waals surface area contributed by atoms with Crippen molar-refractivity contribution in [2.45, 2.75) is 19.9 Å². The van der Waals surface area contributed by atoms with Gasteiger partial charge in [-0.15, -0.1) is 5.10 Å². The van der Waals surface area contributed by atoms with Gasteiger partial charge in [0.15, 0.2) is 0 Å². The highest BCUT2D eigenvalue weighted by molar-refractivity contribution is 5.66. The van der Waals surface area contributed by atoms with E-state index in [4.69, 9.17) is 5.11 Å². The van der Waals surface area contributed by atoms with Gasteiger partial charge in [-0.1, -0.05) is 12.1 Å². The number of carbonyl (C=O) groups is 1. The Hall–Kier alpha value is -1.39. The molecule has 5 nitrogen and oxygen atoms in total. The molecule has 11 heavy (non-hydrogen) atoms. The molecule has 1 rings (SSSR count). The molecule has 0 radical (unpaired) electrons. The molecule has 0 aliphatic heterocycles. The standard InChI is InChI=1S/C6H9N3O2/c1-2-5-3-9(8-7-5)4-6(10)11/h3H,2,4H2,1H3,(H,10,11). The van der Waals surface area contributed by atoms with E-state index in [1.165, 1.54) is 4.68 Å². The van der Waals surface area contributed by atoms with Crippen LogP contribution in [0.4, 0.5) is 0 Å². The van der Waals surface area contributed by atoms with Gasteiger partial charge in [0.2, 0.25) is 0 Å². The van der Waals surface area contributed by atoms with E-state index in [2.05, 4.69) is 10.3 Å². The second kappa shape index (κ2) is 3.14. The predicted molar refractivity (Wildman–Crippen MR) is 37.0 cm³/mol. The topological polar surface area (TPSA) is 68.0 Å². The summed E-state index contributed by atoms with van der Waals surface area (Å²) in [6.45, 7) is 1.82. The number of hydrogen-bond acceptors (Lipinski definition) is 3. The van der Waals surface area contributed by atoms with Crippen LogP contribution in [0, 0.1) is 0 Å². The first kappa shape index (κ1) is 7.71. The van der Waals surface area contributed by atoms with E-state index >= 15 is 0 Å². The van der Waals surface area contributed by atoms with Crippen LogP contribution in [-0.2, 0) is 17.8 Å². The van der Waals surface area contributed by atoms with Gasteiger partial charge in [0.1, 0.15) is 6.54 Å². The maximum atomic E-state index is 10.2. The van der Waals surface area contributed by atoms with Crippen molar-refractivity contribution in [1.29, 1.82) is 0 Å². The van der Waals surface area contributed by atoms with Gasteiger partial charge in [-0.3, -0.25) is 4.79 Å². The van der Waals surface area contributed by atoms with Crippen LogP contribution < -0.4 is 0 Å². The minimum atomic E-state index is -0.905. The average molecular weight is 155 g/mol. The highest BCUT2D eigenvalue weighted by atomic mass is 16.4. The molecule has 0 atom stereocenters. The Morgan fingerprint density at radius 2 is 2.55 bits per heavy atom. The van der Waals surface area contributed by atoms with Crippen LogP contribution in [0.2, 0.25) is 0 Å². The van der Waals surface area contributed by atoms with Crippen LogP contribution in [0.3, 0.4) is 0 Å². The van der Waals surface area contributed by atoms with Gasteiger partial charge in [-0.2, -0.15) is 0 Å². The number of carboxylic acid groups (broad SMARTS) is 1. The number of aliphatic carboxylic acids is 1. The first-order valence-corrected chi connectivity index (χ1v) is 3.33. The third-order valence-electron chi connectivity index (χ3n) is 1.25. The zero-order valence-corrected chi connectivity index (χ0v) is 6.19. The third kappa shape index (κ3) is 2.03. The Bertz CT molecular complexity index is 256. The number of carboxylic acids is 1. The summed E-state index contributed by atoms with van der Waals surface area (Å²) >= 11 is 0. The lowest BCUT2D eigenvalue weighted by Gasteiger charge is -1.90. The molecular formula is C6H9N3O2. The first-order chi connectivity index (χ1) is 5.22. The number of nitrogens with zero attached hydrogens (tertiary/aromatic N) is 3. The van der Waals surface area contributed by atoms with Crippen LogP contribution in [0.1, 0.15) is 12.6 Å². The molecule has 0 saturated heterocycles. The molecule has 1 aromatic rings. The quantitative estimate of drug-likeness (QED) is 0.663. The normalized spacial score (nSPS) is 9.91. The highest BCUT2D eigenvalue weighted by Crippen LogP contribution is 1.92. The van der Waals surface area contributed by atoms with Crippen LogP contribution >= 0.6 is 0 Å². The summed E-state index contributed by atoms with van der Waals surface area (Å²) in [6.07, 6.45) is 2.41. The fourth-order valence-electron chi connectivity index (χ4n) is 0.716. The Morgan fingerprint density at radius 1 is 1.82 bits per heavy atom. The Balaban J connectivity index is 2.65. The van der Waals surface area contributed by atoms with E-state index in [0.717, 1.165) is 12.1 Å². The summed E-state index contributed by atoms with van der Waals surface area (Å²) in [4.78, 5) is 10.2. The molecule has 60 valence electrons. The van der Waals surface area contributed by atoms with E-state index in [9.17, 15) is 4.79 Å². The molecule has 0 unspecified atom stereocenters. The summed E-state index contributed by atoms with van der Waals surface area (Å²) in [5.41, 5.74) is 0.811. The number of hydrogen-bond donors (Lipinski definition) is 1. The minimum absolute atomic E-state index is 0.118. The molecule has 0 fully saturated rings. The van der Waals surface area contributed by atoms with E-state index in [-0.39, 0.29) is 6.54 Å². The molecule has 0 aliphatic carbocycles. The van der Waals surface area contributed by atoms with Gasteiger partial charge >= 0.3 is 5.97 Å². The van der Waals surface area contributed by atoms with Gasteiger partial charge in [0.25, 0.3) is 0 Å². The highest BCUT2D eigenvalue weighted by Gasteiger charge is 2.01. The molecular weight excluding hydrogens is 146 g/mol. The Morgan fingerprint density at radius 3 is 3.00 bits per heavy atom.